The fourth-order valence-electron chi connectivity index (χ4n) is 3.99. The van der Waals surface area contributed by atoms with Crippen LogP contribution in [0.15, 0.2) is 42.5 Å². The molecule has 0 aromatic heterocycles. The Hall–Kier alpha value is -2.38. The zero-order chi connectivity index (χ0) is 23.2. The molecule has 168 valence electrons. The number of carbonyl (C=O) groups excluding carboxylic acids is 1. The quantitative estimate of drug-likeness (QED) is 0.606. The fourth-order valence-corrected chi connectivity index (χ4v) is 4.62. The highest BCUT2D eigenvalue weighted by Gasteiger charge is 2.55. The van der Waals surface area contributed by atoms with Crippen molar-refractivity contribution in [3.8, 4) is 0 Å². The average Bonchev–Trinajstić information content (AvgIpc) is 3.35. The van der Waals surface area contributed by atoms with Crippen LogP contribution < -0.4 is 10.0 Å². The summed E-state index contributed by atoms with van der Waals surface area (Å²) in [6.07, 6.45) is 1.90. The molecule has 3 unspecified atom stereocenters. The summed E-state index contributed by atoms with van der Waals surface area (Å²) in [5.74, 6) is -0.0900. The van der Waals surface area contributed by atoms with Crippen LogP contribution in [0.3, 0.4) is 0 Å². The van der Waals surface area contributed by atoms with E-state index in [9.17, 15) is 18.3 Å². The predicted molar refractivity (Wildman–Crippen MR) is 123 cm³/mol. The van der Waals surface area contributed by atoms with Crippen molar-refractivity contribution in [2.24, 2.45) is 5.92 Å². The minimum atomic E-state index is -3.34. The number of benzene rings is 2. The van der Waals surface area contributed by atoms with Gasteiger partial charge in [-0.2, -0.15) is 0 Å². The normalized spacial score (nSPS) is 22.0. The summed E-state index contributed by atoms with van der Waals surface area (Å²) in [6, 6.07) is 13.1. The summed E-state index contributed by atoms with van der Waals surface area (Å²) in [5, 5.41) is 13.2. The molecule has 0 aliphatic heterocycles. The smallest absolute Gasteiger partial charge is 0.229 e. The average molecular weight is 445 g/mol. The van der Waals surface area contributed by atoms with Crippen molar-refractivity contribution in [1.82, 2.24) is 5.32 Å². The lowest BCUT2D eigenvalue weighted by Crippen LogP contribution is -2.30. The number of carbonyl (C=O) groups is 1. The van der Waals surface area contributed by atoms with Gasteiger partial charge in [-0.25, -0.2) is 8.42 Å². The number of nitrogens with one attached hydrogen (secondary N) is 2. The second-order valence-corrected chi connectivity index (χ2v) is 11.2. The third-order valence-electron chi connectivity index (χ3n) is 6.21. The molecule has 3 rings (SSSR count). The highest BCUT2D eigenvalue weighted by Crippen LogP contribution is 2.54. The van der Waals surface area contributed by atoms with Gasteiger partial charge < -0.3 is 10.4 Å². The van der Waals surface area contributed by atoms with Gasteiger partial charge in [-0.15, -0.1) is 0 Å². The van der Waals surface area contributed by atoms with Gasteiger partial charge in [-0.05, 0) is 62.4 Å². The van der Waals surface area contributed by atoms with Gasteiger partial charge in [-0.3, -0.25) is 9.52 Å². The van der Waals surface area contributed by atoms with E-state index in [4.69, 9.17) is 0 Å². The van der Waals surface area contributed by atoms with Crippen LogP contribution in [0.25, 0.3) is 0 Å². The van der Waals surface area contributed by atoms with E-state index in [1.807, 2.05) is 50.2 Å². The van der Waals surface area contributed by atoms with Crippen LogP contribution in [-0.4, -0.2) is 25.7 Å². The number of aliphatic hydroxyl groups is 1. The number of hydrogen-bond acceptors (Lipinski definition) is 4. The van der Waals surface area contributed by atoms with Crippen molar-refractivity contribution >= 4 is 21.6 Å². The molecule has 1 aliphatic carbocycles. The molecule has 0 bridgehead atoms. The van der Waals surface area contributed by atoms with Crippen LogP contribution in [0.2, 0.25) is 0 Å². The minimum Gasteiger partial charge on any atom is -0.386 e. The number of hydrogen-bond donors (Lipinski definition) is 3. The van der Waals surface area contributed by atoms with E-state index < -0.39 is 15.6 Å². The molecule has 7 heteroatoms. The van der Waals surface area contributed by atoms with Crippen LogP contribution in [0.1, 0.15) is 62.4 Å². The number of aryl methyl sites for hydroxylation is 1. The van der Waals surface area contributed by atoms with E-state index in [-0.39, 0.29) is 23.3 Å². The second kappa shape index (κ2) is 7.95. The molecule has 0 heterocycles. The molecular formula is C24H32N2O4S. The molecule has 1 aliphatic rings. The molecule has 6 nitrogen and oxygen atoms in total. The van der Waals surface area contributed by atoms with Crippen molar-refractivity contribution in [1.29, 1.82) is 0 Å². The Morgan fingerprint density at radius 1 is 1.19 bits per heavy atom. The van der Waals surface area contributed by atoms with Crippen molar-refractivity contribution < 1.29 is 18.3 Å². The maximum atomic E-state index is 12.9. The Labute approximate surface area is 185 Å². The van der Waals surface area contributed by atoms with E-state index >= 15 is 0 Å². The zero-order valence-corrected chi connectivity index (χ0v) is 19.8. The summed E-state index contributed by atoms with van der Waals surface area (Å²) >= 11 is 0. The van der Waals surface area contributed by atoms with E-state index in [1.54, 1.807) is 19.9 Å². The molecule has 3 N–H and O–H groups in total. The van der Waals surface area contributed by atoms with Crippen molar-refractivity contribution in [3.63, 3.8) is 0 Å². The highest BCUT2D eigenvalue weighted by atomic mass is 32.2. The van der Waals surface area contributed by atoms with E-state index in [1.165, 1.54) is 0 Å². The standard InChI is InChI=1S/C24H32N2O4S/c1-15-13-17(7-12-21(15)26-31(6,29)30)16(2)25-22(27)20-14-24(20,5)19-10-8-18(9-11-19)23(3,4)28/h7-13,16,20,26,28H,14H2,1-6H3,(H,25,27). The van der Waals surface area contributed by atoms with E-state index in [2.05, 4.69) is 17.0 Å². The lowest BCUT2D eigenvalue weighted by molar-refractivity contribution is -0.123. The first-order valence-corrected chi connectivity index (χ1v) is 12.3. The zero-order valence-electron chi connectivity index (χ0n) is 19.0. The van der Waals surface area contributed by atoms with Crippen LogP contribution in [-0.2, 0) is 25.8 Å². The number of anilines is 1. The first kappa shape index (κ1) is 23.3. The molecule has 31 heavy (non-hydrogen) atoms. The largest absolute Gasteiger partial charge is 0.386 e. The lowest BCUT2D eigenvalue weighted by Gasteiger charge is -2.20. The third kappa shape index (κ3) is 5.28. The molecule has 1 fully saturated rings. The second-order valence-electron chi connectivity index (χ2n) is 9.49. The predicted octanol–water partition coefficient (Wildman–Crippen LogP) is 3.75. The summed E-state index contributed by atoms with van der Waals surface area (Å²) in [5.41, 5.74) is 3.10. The molecule has 1 amide bonds. The van der Waals surface area contributed by atoms with Gasteiger partial charge in [0.1, 0.15) is 0 Å². The van der Waals surface area contributed by atoms with Gasteiger partial charge >= 0.3 is 0 Å². The molecule has 3 atom stereocenters. The maximum Gasteiger partial charge on any atom is 0.229 e. The molecule has 2 aromatic rings. The van der Waals surface area contributed by atoms with Gasteiger partial charge in [0.25, 0.3) is 0 Å². The monoisotopic (exact) mass is 444 g/mol. The van der Waals surface area contributed by atoms with E-state index in [0.29, 0.717) is 5.69 Å². The Balaban J connectivity index is 1.66. The first-order valence-electron chi connectivity index (χ1n) is 10.4. The molecule has 2 aromatic carbocycles. The fraction of sp³-hybridized carbons (Fsp3) is 0.458. The summed E-state index contributed by atoms with van der Waals surface area (Å²) < 4.78 is 25.4. The van der Waals surface area contributed by atoms with Crippen LogP contribution in [0.5, 0.6) is 0 Å². The molecule has 0 spiro atoms. The van der Waals surface area contributed by atoms with Crippen LogP contribution in [0.4, 0.5) is 5.69 Å². The van der Waals surface area contributed by atoms with Crippen LogP contribution >= 0.6 is 0 Å². The Kier molecular flexibility index (Phi) is 5.97. The molecular weight excluding hydrogens is 412 g/mol. The Bertz CT molecular complexity index is 1090. The van der Waals surface area contributed by atoms with Gasteiger partial charge in [0.2, 0.25) is 15.9 Å². The highest BCUT2D eigenvalue weighted by molar-refractivity contribution is 7.92. The first-order chi connectivity index (χ1) is 14.2. The molecule has 1 saturated carbocycles. The topological polar surface area (TPSA) is 95.5 Å². The summed E-state index contributed by atoms with van der Waals surface area (Å²) in [4.78, 5) is 12.9. The van der Waals surface area contributed by atoms with Gasteiger partial charge in [0, 0.05) is 11.3 Å². The van der Waals surface area contributed by atoms with Crippen molar-refractivity contribution in [3.05, 3.63) is 64.7 Å². The van der Waals surface area contributed by atoms with Gasteiger partial charge in [-0.1, -0.05) is 43.3 Å². The Morgan fingerprint density at radius 3 is 2.32 bits per heavy atom. The summed E-state index contributed by atoms with van der Waals surface area (Å²) in [7, 11) is -3.34. The van der Waals surface area contributed by atoms with Crippen LogP contribution in [0, 0.1) is 12.8 Å². The minimum absolute atomic E-state index is 0.0116. The van der Waals surface area contributed by atoms with Gasteiger partial charge in [0.05, 0.1) is 23.6 Å². The number of amides is 1. The van der Waals surface area contributed by atoms with Crippen molar-refractivity contribution in [2.75, 3.05) is 11.0 Å². The molecule has 0 saturated heterocycles. The Morgan fingerprint density at radius 2 is 1.81 bits per heavy atom. The van der Waals surface area contributed by atoms with E-state index in [0.717, 1.165) is 34.9 Å². The SMILES string of the molecule is Cc1cc(C(C)NC(=O)C2CC2(C)c2ccc(C(C)(C)O)cc2)ccc1NS(C)(=O)=O. The number of rotatable bonds is 7. The van der Waals surface area contributed by atoms with Gasteiger partial charge in [0.15, 0.2) is 0 Å². The number of sulfonamides is 1. The molecule has 0 radical (unpaired) electrons. The maximum absolute atomic E-state index is 12.9. The third-order valence-corrected chi connectivity index (χ3v) is 6.80. The van der Waals surface area contributed by atoms with Crippen molar-refractivity contribution in [2.45, 2.75) is 58.1 Å². The summed E-state index contributed by atoms with van der Waals surface area (Å²) in [6.45, 7) is 9.36. The lowest BCUT2D eigenvalue weighted by atomic mass is 9.91.